The molecule has 3 rings (SSSR count). The van der Waals surface area contributed by atoms with E-state index in [2.05, 4.69) is 21.8 Å². The van der Waals surface area contributed by atoms with Gasteiger partial charge in [0.05, 0.1) is 21.3 Å². The van der Waals surface area contributed by atoms with E-state index in [9.17, 15) is 9.59 Å². The first kappa shape index (κ1) is 27.3. The maximum atomic E-state index is 12.6. The summed E-state index contributed by atoms with van der Waals surface area (Å²) >= 11 is 0. The fourth-order valence-corrected chi connectivity index (χ4v) is 3.61. The summed E-state index contributed by atoms with van der Waals surface area (Å²) in [6, 6.07) is 10.8. The van der Waals surface area contributed by atoms with Gasteiger partial charge < -0.3 is 28.8 Å². The Morgan fingerprint density at radius 3 is 2.35 bits per heavy atom. The van der Waals surface area contributed by atoms with Crippen LogP contribution in [0.1, 0.15) is 17.7 Å². The van der Waals surface area contributed by atoms with Crippen LogP contribution in [0.2, 0.25) is 0 Å². The van der Waals surface area contributed by atoms with Gasteiger partial charge in [-0.25, -0.2) is 0 Å². The summed E-state index contributed by atoms with van der Waals surface area (Å²) in [4.78, 5) is 29.6. The Morgan fingerprint density at radius 1 is 0.973 bits per heavy atom. The molecule has 0 unspecified atom stereocenters. The molecule has 0 saturated heterocycles. The van der Waals surface area contributed by atoms with Crippen LogP contribution >= 0.6 is 0 Å². The molecule has 0 aliphatic rings. The van der Waals surface area contributed by atoms with Crippen LogP contribution in [-0.2, 0) is 17.6 Å². The molecular weight excluding hydrogens is 476 g/mol. The number of hydrogen-bond acceptors (Lipinski definition) is 8. The van der Waals surface area contributed by atoms with Gasteiger partial charge in [0.25, 0.3) is 5.56 Å². The molecule has 0 radical (unpaired) electrons. The number of nitrogens with one attached hydrogen (secondary N) is 1. The van der Waals surface area contributed by atoms with Gasteiger partial charge in [-0.2, -0.15) is 0 Å². The molecule has 10 heteroatoms. The van der Waals surface area contributed by atoms with E-state index in [1.165, 1.54) is 7.11 Å². The van der Waals surface area contributed by atoms with Crippen molar-refractivity contribution < 1.29 is 23.7 Å². The molecule has 1 heterocycles. The van der Waals surface area contributed by atoms with E-state index in [4.69, 9.17) is 18.9 Å². The van der Waals surface area contributed by atoms with Crippen molar-refractivity contribution >= 4 is 5.91 Å². The minimum atomic E-state index is -0.392. The van der Waals surface area contributed by atoms with Crippen molar-refractivity contribution in [3.8, 4) is 34.4 Å². The Kier molecular flexibility index (Phi) is 9.65. The fraction of sp³-hybridized carbons (Fsp3) is 0.333. The summed E-state index contributed by atoms with van der Waals surface area (Å²) in [7, 11) is 6.43. The van der Waals surface area contributed by atoms with Crippen molar-refractivity contribution in [1.29, 1.82) is 0 Å². The lowest BCUT2D eigenvalue weighted by Crippen LogP contribution is -2.30. The van der Waals surface area contributed by atoms with Gasteiger partial charge in [-0.05, 0) is 42.3 Å². The Morgan fingerprint density at radius 2 is 1.68 bits per heavy atom. The van der Waals surface area contributed by atoms with Crippen molar-refractivity contribution in [1.82, 2.24) is 20.1 Å². The summed E-state index contributed by atoms with van der Waals surface area (Å²) in [5, 5.41) is 8.21. The van der Waals surface area contributed by atoms with Crippen molar-refractivity contribution in [3.05, 3.63) is 70.7 Å². The van der Waals surface area contributed by atoms with Crippen LogP contribution in [0.3, 0.4) is 0 Å². The van der Waals surface area contributed by atoms with Crippen LogP contribution in [0.15, 0.2) is 53.8 Å². The van der Waals surface area contributed by atoms with Crippen molar-refractivity contribution in [2.24, 2.45) is 0 Å². The predicted molar refractivity (Wildman–Crippen MR) is 140 cm³/mol. The highest BCUT2D eigenvalue weighted by molar-refractivity contribution is 5.76. The van der Waals surface area contributed by atoms with Gasteiger partial charge in [0, 0.05) is 32.0 Å². The van der Waals surface area contributed by atoms with E-state index < -0.39 is 5.56 Å². The third-order valence-corrected chi connectivity index (χ3v) is 5.74. The quantitative estimate of drug-likeness (QED) is 0.350. The number of benzene rings is 2. The Balaban J connectivity index is 1.58. The first-order chi connectivity index (χ1) is 17.9. The summed E-state index contributed by atoms with van der Waals surface area (Å²) in [5.74, 6) is 2.54. The molecule has 1 aromatic heterocycles. The predicted octanol–water partition coefficient (Wildman–Crippen LogP) is 3.06. The van der Waals surface area contributed by atoms with E-state index in [1.54, 1.807) is 50.4 Å². The first-order valence-electron chi connectivity index (χ1n) is 11.7. The summed E-state index contributed by atoms with van der Waals surface area (Å²) in [6.07, 6.45) is 2.61. The van der Waals surface area contributed by atoms with Crippen LogP contribution in [0.5, 0.6) is 23.0 Å². The van der Waals surface area contributed by atoms with E-state index in [0.717, 1.165) is 5.56 Å². The van der Waals surface area contributed by atoms with Gasteiger partial charge >= 0.3 is 0 Å². The normalized spacial score (nSPS) is 10.5. The summed E-state index contributed by atoms with van der Waals surface area (Å²) in [6.45, 7) is 4.48. The van der Waals surface area contributed by atoms with Crippen molar-refractivity contribution in [3.63, 3.8) is 0 Å². The van der Waals surface area contributed by atoms with E-state index in [0.29, 0.717) is 54.0 Å². The molecule has 196 valence electrons. The zero-order valence-corrected chi connectivity index (χ0v) is 21.6. The third kappa shape index (κ3) is 7.09. The number of hydrogen-bond donors (Lipinski definition) is 1. The molecule has 1 N–H and O–H groups in total. The lowest BCUT2D eigenvalue weighted by molar-refractivity contribution is -0.129. The second-order valence-electron chi connectivity index (χ2n) is 8.17. The molecule has 0 saturated carbocycles. The number of methoxy groups -OCH3 is 3. The maximum Gasteiger partial charge on any atom is 0.273 e. The lowest BCUT2D eigenvalue weighted by Gasteiger charge is -2.17. The highest BCUT2D eigenvalue weighted by atomic mass is 16.5. The second kappa shape index (κ2) is 13.1. The molecule has 10 nitrogen and oxygen atoms in total. The van der Waals surface area contributed by atoms with E-state index >= 15 is 0 Å². The number of rotatable bonds is 13. The first-order valence-corrected chi connectivity index (χ1v) is 11.7. The van der Waals surface area contributed by atoms with Crippen molar-refractivity contribution in [2.75, 3.05) is 41.5 Å². The number of likely N-dealkylation sites (N-methyl/N-ethyl adjacent to an activating group) is 1. The van der Waals surface area contributed by atoms with Crippen LogP contribution in [-0.4, -0.2) is 67.5 Å². The lowest BCUT2D eigenvalue weighted by atomic mass is 10.1. The number of nitrogens with zero attached hydrogens (tertiary/aromatic N) is 3. The number of carbonyl (C=O) groups is 1. The number of aromatic nitrogens is 3. The topological polar surface area (TPSA) is 116 Å². The Labute approximate surface area is 215 Å². The Hall–Kier alpha value is -4.34. The maximum absolute atomic E-state index is 12.6. The minimum absolute atomic E-state index is 0.0920. The molecule has 0 bridgehead atoms. The SMILES string of the molecule is C=CCOc1ccc(-c2nnc(CCC(=O)N(C)CCc3ccc(OC)c(OC)c3)c(=O)[nH]2)cc1OC. The molecule has 0 aliphatic heterocycles. The second-order valence-corrected chi connectivity index (χ2v) is 8.17. The van der Waals surface area contributed by atoms with Gasteiger partial charge in [0.15, 0.2) is 28.8 Å². The Bertz CT molecular complexity index is 1290. The van der Waals surface area contributed by atoms with E-state index in [1.807, 2.05) is 18.2 Å². The molecule has 3 aromatic rings. The third-order valence-electron chi connectivity index (χ3n) is 5.74. The smallest absolute Gasteiger partial charge is 0.273 e. The summed E-state index contributed by atoms with van der Waals surface area (Å²) in [5.41, 5.74) is 1.44. The molecule has 1 amide bonds. The minimum Gasteiger partial charge on any atom is -0.493 e. The van der Waals surface area contributed by atoms with Crippen LogP contribution in [0, 0.1) is 0 Å². The molecule has 0 aliphatic carbocycles. The van der Waals surface area contributed by atoms with Gasteiger partial charge in [-0.3, -0.25) is 9.59 Å². The molecule has 0 spiro atoms. The number of aryl methyl sites for hydroxylation is 1. The number of aromatic amines is 1. The molecule has 2 aromatic carbocycles. The standard InChI is InChI=1S/C27H32N4O6/c1-6-15-37-22-11-8-19(17-24(22)36-5)26-28-27(33)20(29-30-26)9-12-25(32)31(2)14-13-18-7-10-21(34-3)23(16-18)35-4/h6-8,10-11,16-17H,1,9,12-15H2,2-5H3,(H,28,30,33). The van der Waals surface area contributed by atoms with E-state index in [-0.39, 0.29) is 24.4 Å². The average Bonchev–Trinajstić information content (AvgIpc) is 2.93. The molecular formula is C27H32N4O6. The van der Waals surface area contributed by atoms with Crippen LogP contribution < -0.4 is 24.5 Å². The largest absolute Gasteiger partial charge is 0.493 e. The molecule has 0 fully saturated rings. The zero-order valence-electron chi connectivity index (χ0n) is 21.6. The van der Waals surface area contributed by atoms with Gasteiger partial charge in [-0.15, -0.1) is 10.2 Å². The van der Waals surface area contributed by atoms with Crippen molar-refractivity contribution in [2.45, 2.75) is 19.3 Å². The molecule has 0 atom stereocenters. The summed E-state index contributed by atoms with van der Waals surface area (Å²) < 4.78 is 21.5. The zero-order chi connectivity index (χ0) is 26.8. The number of ether oxygens (including phenoxy) is 4. The monoisotopic (exact) mass is 508 g/mol. The van der Waals surface area contributed by atoms with Crippen LogP contribution in [0.25, 0.3) is 11.4 Å². The van der Waals surface area contributed by atoms with Crippen LogP contribution in [0.4, 0.5) is 0 Å². The number of H-pyrrole nitrogens is 1. The molecule has 37 heavy (non-hydrogen) atoms. The number of carbonyl (C=O) groups excluding carboxylic acids is 1. The average molecular weight is 509 g/mol. The number of amides is 1. The van der Waals surface area contributed by atoms with Gasteiger partial charge in [0.1, 0.15) is 12.3 Å². The highest BCUT2D eigenvalue weighted by Crippen LogP contribution is 2.31. The van der Waals surface area contributed by atoms with Gasteiger partial charge in [0.2, 0.25) is 5.91 Å². The fourth-order valence-electron chi connectivity index (χ4n) is 3.61. The highest BCUT2D eigenvalue weighted by Gasteiger charge is 2.14. The van der Waals surface area contributed by atoms with Gasteiger partial charge in [-0.1, -0.05) is 18.7 Å².